The highest BCUT2D eigenvalue weighted by Crippen LogP contribution is 2.18. The van der Waals surface area contributed by atoms with Crippen molar-refractivity contribution in [3.63, 3.8) is 0 Å². The minimum Gasteiger partial charge on any atom is -0.335 e. The van der Waals surface area contributed by atoms with Gasteiger partial charge in [-0.25, -0.2) is 9.37 Å². The zero-order valence-electron chi connectivity index (χ0n) is 10.4. The topological polar surface area (TPSA) is 46.1 Å². The standard InChI is InChI=1S/C12H11BrFN3OS/c1-7-15-11(19-16-7)12(18)17(2)6-8-3-4-10(14)9(13)5-8/h3-5H,6H2,1-2H3. The van der Waals surface area contributed by atoms with Gasteiger partial charge in [0.15, 0.2) is 0 Å². The molecular weight excluding hydrogens is 333 g/mol. The molecule has 4 nitrogen and oxygen atoms in total. The summed E-state index contributed by atoms with van der Waals surface area (Å²) in [6, 6.07) is 4.67. The van der Waals surface area contributed by atoms with Gasteiger partial charge in [-0.3, -0.25) is 4.79 Å². The monoisotopic (exact) mass is 343 g/mol. The molecule has 1 aromatic heterocycles. The number of aryl methyl sites for hydroxylation is 1. The lowest BCUT2D eigenvalue weighted by Gasteiger charge is -2.15. The summed E-state index contributed by atoms with van der Waals surface area (Å²) in [6.45, 7) is 2.13. The summed E-state index contributed by atoms with van der Waals surface area (Å²) in [5.41, 5.74) is 0.838. The Kier molecular flexibility index (Phi) is 4.26. The van der Waals surface area contributed by atoms with Gasteiger partial charge in [0.05, 0.1) is 4.47 Å². The van der Waals surface area contributed by atoms with Crippen LogP contribution < -0.4 is 0 Å². The molecule has 0 saturated carbocycles. The third kappa shape index (κ3) is 3.36. The molecule has 1 aromatic carbocycles. The number of carbonyl (C=O) groups is 1. The summed E-state index contributed by atoms with van der Waals surface area (Å²) in [7, 11) is 1.68. The average Bonchev–Trinajstić information content (AvgIpc) is 2.79. The number of amides is 1. The lowest BCUT2D eigenvalue weighted by molar-refractivity contribution is 0.0784. The molecule has 7 heteroatoms. The van der Waals surface area contributed by atoms with Crippen molar-refractivity contribution in [1.82, 2.24) is 14.3 Å². The molecule has 0 aliphatic rings. The second-order valence-electron chi connectivity index (χ2n) is 4.06. The first-order chi connectivity index (χ1) is 8.97. The van der Waals surface area contributed by atoms with E-state index in [1.54, 1.807) is 26.1 Å². The summed E-state index contributed by atoms with van der Waals surface area (Å²) in [6.07, 6.45) is 0. The average molecular weight is 344 g/mol. The highest BCUT2D eigenvalue weighted by atomic mass is 79.9. The van der Waals surface area contributed by atoms with Crippen LogP contribution in [-0.4, -0.2) is 27.2 Å². The molecule has 0 bridgehead atoms. The number of aromatic nitrogens is 2. The smallest absolute Gasteiger partial charge is 0.284 e. The maximum atomic E-state index is 13.1. The summed E-state index contributed by atoms with van der Waals surface area (Å²) >= 11 is 4.20. The van der Waals surface area contributed by atoms with Crippen LogP contribution in [0.4, 0.5) is 4.39 Å². The highest BCUT2D eigenvalue weighted by Gasteiger charge is 2.16. The molecule has 0 spiro atoms. The van der Waals surface area contributed by atoms with E-state index in [0.717, 1.165) is 17.1 Å². The minimum atomic E-state index is -0.322. The van der Waals surface area contributed by atoms with E-state index in [2.05, 4.69) is 25.3 Å². The zero-order chi connectivity index (χ0) is 14.0. The van der Waals surface area contributed by atoms with E-state index in [4.69, 9.17) is 0 Å². The van der Waals surface area contributed by atoms with Gasteiger partial charge in [0.1, 0.15) is 11.6 Å². The van der Waals surface area contributed by atoms with E-state index in [1.807, 2.05) is 0 Å². The molecule has 0 atom stereocenters. The molecule has 0 aliphatic heterocycles. The molecule has 1 heterocycles. The third-order valence-corrected chi connectivity index (χ3v) is 3.86. The van der Waals surface area contributed by atoms with E-state index in [0.29, 0.717) is 21.8 Å². The Labute approximate surface area is 122 Å². The van der Waals surface area contributed by atoms with E-state index in [-0.39, 0.29) is 11.7 Å². The molecule has 0 unspecified atom stereocenters. The largest absolute Gasteiger partial charge is 0.335 e. The van der Waals surface area contributed by atoms with Crippen molar-refractivity contribution < 1.29 is 9.18 Å². The van der Waals surface area contributed by atoms with Gasteiger partial charge in [-0.2, -0.15) is 4.37 Å². The van der Waals surface area contributed by atoms with Gasteiger partial charge in [-0.05, 0) is 52.1 Å². The van der Waals surface area contributed by atoms with Gasteiger partial charge in [0.25, 0.3) is 5.91 Å². The molecule has 2 rings (SSSR count). The van der Waals surface area contributed by atoms with E-state index < -0.39 is 0 Å². The van der Waals surface area contributed by atoms with Gasteiger partial charge in [0, 0.05) is 13.6 Å². The Hall–Kier alpha value is -1.34. The number of halogens is 2. The normalized spacial score (nSPS) is 10.5. The van der Waals surface area contributed by atoms with Crippen molar-refractivity contribution in [3.05, 3.63) is 44.9 Å². The predicted molar refractivity (Wildman–Crippen MR) is 74.5 cm³/mol. The zero-order valence-corrected chi connectivity index (χ0v) is 12.8. The van der Waals surface area contributed by atoms with Crippen molar-refractivity contribution in [2.24, 2.45) is 0 Å². The van der Waals surface area contributed by atoms with Crippen molar-refractivity contribution in [1.29, 1.82) is 0 Å². The van der Waals surface area contributed by atoms with Crippen molar-refractivity contribution in [2.45, 2.75) is 13.5 Å². The molecule has 0 fully saturated rings. The number of hydrogen-bond donors (Lipinski definition) is 0. The maximum Gasteiger partial charge on any atom is 0.284 e. The van der Waals surface area contributed by atoms with Gasteiger partial charge >= 0.3 is 0 Å². The quantitative estimate of drug-likeness (QED) is 0.860. The number of nitrogens with zero attached hydrogens (tertiary/aromatic N) is 3. The summed E-state index contributed by atoms with van der Waals surface area (Å²) in [5, 5.41) is 0.362. The van der Waals surface area contributed by atoms with Crippen molar-refractivity contribution in [3.8, 4) is 0 Å². The second-order valence-corrected chi connectivity index (χ2v) is 5.66. The molecule has 19 heavy (non-hydrogen) atoms. The second kappa shape index (κ2) is 5.75. The van der Waals surface area contributed by atoms with Gasteiger partial charge in [-0.15, -0.1) is 0 Å². The highest BCUT2D eigenvalue weighted by molar-refractivity contribution is 9.10. The van der Waals surface area contributed by atoms with Crippen LogP contribution in [0.5, 0.6) is 0 Å². The molecule has 0 saturated heterocycles. The Morgan fingerprint density at radius 3 is 2.84 bits per heavy atom. The SMILES string of the molecule is Cc1nsc(C(=O)N(C)Cc2ccc(F)c(Br)c2)n1. The van der Waals surface area contributed by atoms with Crippen LogP contribution >= 0.6 is 27.5 Å². The minimum absolute atomic E-state index is 0.189. The molecule has 0 radical (unpaired) electrons. The summed E-state index contributed by atoms with van der Waals surface area (Å²) in [4.78, 5) is 17.6. The number of carbonyl (C=O) groups excluding carboxylic acids is 1. The van der Waals surface area contributed by atoms with Gasteiger partial charge in [0.2, 0.25) is 5.01 Å². The summed E-state index contributed by atoms with van der Waals surface area (Å²) in [5.74, 6) is 0.0785. The summed E-state index contributed by atoms with van der Waals surface area (Å²) < 4.78 is 17.5. The molecule has 100 valence electrons. The van der Waals surface area contributed by atoms with Crippen molar-refractivity contribution in [2.75, 3.05) is 7.05 Å². The first kappa shape index (κ1) is 14.1. The Balaban J connectivity index is 2.10. The fraction of sp³-hybridized carbons (Fsp3) is 0.250. The van der Waals surface area contributed by atoms with Crippen LogP contribution in [0.1, 0.15) is 21.2 Å². The van der Waals surface area contributed by atoms with Crippen LogP contribution in [0.15, 0.2) is 22.7 Å². The molecule has 1 amide bonds. The van der Waals surface area contributed by atoms with Crippen LogP contribution in [0, 0.1) is 12.7 Å². The number of benzene rings is 1. The molecular formula is C12H11BrFN3OS. The first-order valence-corrected chi connectivity index (χ1v) is 7.03. The molecule has 0 aliphatic carbocycles. The van der Waals surface area contributed by atoms with E-state index in [9.17, 15) is 9.18 Å². The Morgan fingerprint density at radius 2 is 2.26 bits per heavy atom. The molecule has 2 aromatic rings. The number of rotatable bonds is 3. The van der Waals surface area contributed by atoms with Crippen LogP contribution in [0.3, 0.4) is 0 Å². The molecule has 0 N–H and O–H groups in total. The lowest BCUT2D eigenvalue weighted by Crippen LogP contribution is -2.26. The van der Waals surface area contributed by atoms with E-state index >= 15 is 0 Å². The fourth-order valence-corrected chi connectivity index (χ4v) is 2.62. The van der Waals surface area contributed by atoms with Crippen molar-refractivity contribution >= 4 is 33.4 Å². The maximum absolute atomic E-state index is 13.1. The van der Waals surface area contributed by atoms with Crippen LogP contribution in [0.25, 0.3) is 0 Å². The fourth-order valence-electron chi connectivity index (χ4n) is 1.53. The Bertz CT molecular complexity index is 617. The Morgan fingerprint density at radius 1 is 1.53 bits per heavy atom. The number of hydrogen-bond acceptors (Lipinski definition) is 4. The van der Waals surface area contributed by atoms with Crippen LogP contribution in [0.2, 0.25) is 0 Å². The van der Waals surface area contributed by atoms with E-state index in [1.165, 1.54) is 11.0 Å². The van der Waals surface area contributed by atoms with Gasteiger partial charge in [-0.1, -0.05) is 6.07 Å². The first-order valence-electron chi connectivity index (χ1n) is 5.47. The van der Waals surface area contributed by atoms with Crippen LogP contribution in [-0.2, 0) is 6.54 Å². The third-order valence-electron chi connectivity index (χ3n) is 2.46. The predicted octanol–water partition coefficient (Wildman–Crippen LogP) is 3.02. The van der Waals surface area contributed by atoms with Gasteiger partial charge < -0.3 is 4.90 Å². The lowest BCUT2D eigenvalue weighted by atomic mass is 10.2.